The summed E-state index contributed by atoms with van der Waals surface area (Å²) < 4.78 is 10.9. The summed E-state index contributed by atoms with van der Waals surface area (Å²) in [5.41, 5.74) is 1.01. The summed E-state index contributed by atoms with van der Waals surface area (Å²) in [6, 6.07) is 3.89. The molecule has 1 N–H and O–H groups in total. The van der Waals surface area contributed by atoms with E-state index in [1.165, 1.54) is 0 Å². The van der Waals surface area contributed by atoms with E-state index in [1.807, 2.05) is 12.1 Å². The smallest absolute Gasteiger partial charge is 0.249 e. The molecule has 23 heavy (non-hydrogen) atoms. The van der Waals surface area contributed by atoms with Crippen LogP contribution in [0.2, 0.25) is 0 Å². The van der Waals surface area contributed by atoms with Gasteiger partial charge in [0.25, 0.3) is 0 Å². The lowest BCUT2D eigenvalue weighted by Crippen LogP contribution is -2.38. The van der Waals surface area contributed by atoms with E-state index in [-0.39, 0.29) is 5.91 Å². The van der Waals surface area contributed by atoms with Crippen molar-refractivity contribution in [3.8, 4) is 0 Å². The maximum Gasteiger partial charge on any atom is 0.249 e. The third-order valence-corrected chi connectivity index (χ3v) is 3.68. The molecule has 0 radical (unpaired) electrons. The van der Waals surface area contributed by atoms with E-state index in [1.54, 1.807) is 13.1 Å². The Balaban J connectivity index is 1.91. The van der Waals surface area contributed by atoms with Gasteiger partial charge in [0.1, 0.15) is 11.9 Å². The molecule has 6 heteroatoms. The average Bonchev–Trinajstić information content (AvgIpc) is 2.58. The van der Waals surface area contributed by atoms with Crippen LogP contribution in [-0.2, 0) is 20.8 Å². The molecular weight excluding hydrogens is 294 g/mol. The number of anilines is 1. The first-order chi connectivity index (χ1) is 11.1. The Bertz CT molecular complexity index is 502. The van der Waals surface area contributed by atoms with Crippen molar-refractivity contribution in [2.45, 2.75) is 33.4 Å². The number of carbonyl (C=O) groups is 1. The van der Waals surface area contributed by atoms with Gasteiger partial charge in [-0.25, -0.2) is 4.98 Å². The molecule has 1 aliphatic heterocycles. The molecule has 0 aliphatic carbocycles. The summed E-state index contributed by atoms with van der Waals surface area (Å²) in [6.45, 7) is 10.0. The molecule has 0 spiro atoms. The Morgan fingerprint density at radius 2 is 2.13 bits per heavy atom. The lowest BCUT2D eigenvalue weighted by molar-refractivity contribution is -0.132. The van der Waals surface area contributed by atoms with Crippen LogP contribution in [-0.4, -0.2) is 49.9 Å². The molecule has 1 saturated heterocycles. The number of nitrogens with one attached hydrogen (secondary N) is 1. The van der Waals surface area contributed by atoms with Gasteiger partial charge in [-0.1, -0.05) is 19.9 Å². The number of amides is 1. The Labute approximate surface area is 138 Å². The molecular formula is C17H27N3O3. The number of carbonyl (C=O) groups excluding carboxylic acids is 1. The molecule has 1 fully saturated rings. The lowest BCUT2D eigenvalue weighted by atomic mass is 10.2. The number of aromatic nitrogens is 1. The van der Waals surface area contributed by atoms with E-state index in [2.05, 4.69) is 29.0 Å². The first-order valence-electron chi connectivity index (χ1n) is 8.24. The van der Waals surface area contributed by atoms with Gasteiger partial charge in [0.15, 0.2) is 0 Å². The molecule has 0 bridgehead atoms. The Kier molecular flexibility index (Phi) is 6.80. The predicted molar refractivity (Wildman–Crippen MR) is 89.4 cm³/mol. The standard InChI is InChI=1S/C17H27N3O3/c1-13(2)12-23-14(3)17(21)19-11-15-5-4-6-18-16(15)20-7-9-22-10-8-20/h4-6,13-14H,7-12H2,1-3H3,(H,19,21)/t14-/m1/s1. The highest BCUT2D eigenvalue weighted by molar-refractivity contribution is 5.80. The maximum absolute atomic E-state index is 12.1. The molecule has 2 rings (SSSR count). The van der Waals surface area contributed by atoms with Crippen molar-refractivity contribution in [1.82, 2.24) is 10.3 Å². The van der Waals surface area contributed by atoms with Crippen LogP contribution in [0.1, 0.15) is 26.3 Å². The zero-order valence-corrected chi connectivity index (χ0v) is 14.2. The first kappa shape index (κ1) is 17.7. The van der Waals surface area contributed by atoms with Gasteiger partial charge in [0.05, 0.1) is 13.2 Å². The van der Waals surface area contributed by atoms with Crippen LogP contribution in [0.25, 0.3) is 0 Å². The molecule has 128 valence electrons. The summed E-state index contributed by atoms with van der Waals surface area (Å²) in [7, 11) is 0. The van der Waals surface area contributed by atoms with Gasteiger partial charge in [-0.15, -0.1) is 0 Å². The number of morpholine rings is 1. The van der Waals surface area contributed by atoms with E-state index in [4.69, 9.17) is 9.47 Å². The van der Waals surface area contributed by atoms with Crippen LogP contribution in [0.5, 0.6) is 0 Å². The molecule has 1 aromatic rings. The molecule has 1 aromatic heterocycles. The quantitative estimate of drug-likeness (QED) is 0.826. The second-order valence-electron chi connectivity index (χ2n) is 6.17. The fraction of sp³-hybridized carbons (Fsp3) is 0.647. The van der Waals surface area contributed by atoms with E-state index < -0.39 is 6.10 Å². The zero-order valence-electron chi connectivity index (χ0n) is 14.2. The van der Waals surface area contributed by atoms with E-state index in [9.17, 15) is 4.79 Å². The van der Waals surface area contributed by atoms with E-state index >= 15 is 0 Å². The minimum absolute atomic E-state index is 0.0950. The van der Waals surface area contributed by atoms with Crippen molar-refractivity contribution >= 4 is 11.7 Å². The van der Waals surface area contributed by atoms with Crippen molar-refractivity contribution < 1.29 is 14.3 Å². The molecule has 0 aromatic carbocycles. The molecule has 1 aliphatic rings. The molecule has 6 nitrogen and oxygen atoms in total. The van der Waals surface area contributed by atoms with Gasteiger partial charge in [-0.05, 0) is 18.9 Å². The first-order valence-corrected chi connectivity index (χ1v) is 8.24. The Morgan fingerprint density at radius 3 is 2.83 bits per heavy atom. The van der Waals surface area contributed by atoms with Crippen LogP contribution >= 0.6 is 0 Å². The zero-order chi connectivity index (χ0) is 16.7. The van der Waals surface area contributed by atoms with Crippen LogP contribution in [0, 0.1) is 5.92 Å². The van der Waals surface area contributed by atoms with Crippen LogP contribution < -0.4 is 10.2 Å². The van der Waals surface area contributed by atoms with Crippen LogP contribution in [0.4, 0.5) is 5.82 Å². The summed E-state index contributed by atoms with van der Waals surface area (Å²) in [4.78, 5) is 18.8. The number of nitrogens with zero attached hydrogens (tertiary/aromatic N) is 2. The van der Waals surface area contributed by atoms with E-state index in [0.717, 1.165) is 24.5 Å². The minimum Gasteiger partial charge on any atom is -0.378 e. The van der Waals surface area contributed by atoms with Crippen LogP contribution in [0.15, 0.2) is 18.3 Å². The molecule has 0 unspecified atom stereocenters. The predicted octanol–water partition coefficient (Wildman–Crippen LogP) is 1.60. The highest BCUT2D eigenvalue weighted by Gasteiger charge is 2.18. The van der Waals surface area contributed by atoms with Gasteiger partial charge in [-0.2, -0.15) is 0 Å². The maximum atomic E-state index is 12.1. The minimum atomic E-state index is -0.444. The van der Waals surface area contributed by atoms with Gasteiger partial charge in [-0.3, -0.25) is 4.79 Å². The molecule has 1 atom stereocenters. The van der Waals surface area contributed by atoms with Crippen molar-refractivity contribution in [2.24, 2.45) is 5.92 Å². The summed E-state index contributed by atoms with van der Waals surface area (Å²) in [5.74, 6) is 1.24. The number of rotatable bonds is 7. The number of pyridine rings is 1. The molecule has 1 amide bonds. The summed E-state index contributed by atoms with van der Waals surface area (Å²) in [6.07, 6.45) is 1.34. The highest BCUT2D eigenvalue weighted by Crippen LogP contribution is 2.18. The number of ether oxygens (including phenoxy) is 2. The number of hydrogen-bond acceptors (Lipinski definition) is 5. The second-order valence-corrected chi connectivity index (χ2v) is 6.17. The molecule has 0 saturated carbocycles. The summed E-state index contributed by atoms with van der Waals surface area (Å²) >= 11 is 0. The Hall–Kier alpha value is -1.66. The topological polar surface area (TPSA) is 63.7 Å². The third-order valence-electron chi connectivity index (χ3n) is 3.68. The fourth-order valence-electron chi connectivity index (χ4n) is 2.37. The average molecular weight is 321 g/mol. The van der Waals surface area contributed by atoms with Crippen molar-refractivity contribution in [2.75, 3.05) is 37.8 Å². The normalized spacial score (nSPS) is 16.4. The Morgan fingerprint density at radius 1 is 1.39 bits per heavy atom. The van der Waals surface area contributed by atoms with E-state index in [0.29, 0.717) is 32.3 Å². The van der Waals surface area contributed by atoms with Crippen molar-refractivity contribution in [1.29, 1.82) is 0 Å². The highest BCUT2D eigenvalue weighted by atomic mass is 16.5. The van der Waals surface area contributed by atoms with Gasteiger partial charge >= 0.3 is 0 Å². The van der Waals surface area contributed by atoms with Gasteiger partial charge < -0.3 is 19.7 Å². The lowest BCUT2D eigenvalue weighted by Gasteiger charge is -2.29. The fourth-order valence-corrected chi connectivity index (χ4v) is 2.37. The third kappa shape index (κ3) is 5.48. The largest absolute Gasteiger partial charge is 0.378 e. The molecule has 2 heterocycles. The van der Waals surface area contributed by atoms with Gasteiger partial charge in [0, 0.05) is 38.0 Å². The number of hydrogen-bond donors (Lipinski definition) is 1. The van der Waals surface area contributed by atoms with Gasteiger partial charge in [0.2, 0.25) is 5.91 Å². The SMILES string of the molecule is CC(C)CO[C@H](C)C(=O)NCc1cccnc1N1CCOCC1. The summed E-state index contributed by atoms with van der Waals surface area (Å²) in [5, 5.41) is 2.94. The van der Waals surface area contributed by atoms with Crippen molar-refractivity contribution in [3.63, 3.8) is 0 Å². The van der Waals surface area contributed by atoms with Crippen molar-refractivity contribution in [3.05, 3.63) is 23.9 Å². The monoisotopic (exact) mass is 321 g/mol. The second kappa shape index (κ2) is 8.84. The van der Waals surface area contributed by atoms with Crippen LogP contribution in [0.3, 0.4) is 0 Å².